The van der Waals surface area contributed by atoms with E-state index in [0.29, 0.717) is 6.54 Å². The third-order valence-electron chi connectivity index (χ3n) is 2.38. The highest BCUT2D eigenvalue weighted by molar-refractivity contribution is 5.24. The minimum Gasteiger partial charge on any atom is -0.393 e. The van der Waals surface area contributed by atoms with Crippen molar-refractivity contribution in [2.75, 3.05) is 13.2 Å². The number of benzene rings is 1. The molecule has 3 nitrogen and oxygen atoms in total. The monoisotopic (exact) mass is 245 g/mol. The molecule has 3 N–H and O–H groups in total. The second kappa shape index (κ2) is 6.05. The van der Waals surface area contributed by atoms with Gasteiger partial charge in [-0.15, -0.1) is 0 Å². The van der Waals surface area contributed by atoms with E-state index in [2.05, 4.69) is 5.32 Å². The fourth-order valence-corrected chi connectivity index (χ4v) is 1.37. The Hall–Kier alpha value is -1.04. The van der Waals surface area contributed by atoms with E-state index in [0.717, 1.165) is 5.56 Å². The lowest BCUT2D eigenvalue weighted by Gasteiger charge is -2.20. The summed E-state index contributed by atoms with van der Waals surface area (Å²) >= 11 is 0. The number of halogens is 2. The van der Waals surface area contributed by atoms with Gasteiger partial charge in [-0.1, -0.05) is 18.2 Å². The molecule has 1 atom stereocenters. The molecule has 1 rings (SSSR count). The number of hydrogen-bond acceptors (Lipinski definition) is 3. The Labute approximate surface area is 99.1 Å². The largest absolute Gasteiger partial charge is 0.393 e. The molecular weight excluding hydrogens is 228 g/mol. The molecule has 0 aliphatic carbocycles. The van der Waals surface area contributed by atoms with Crippen LogP contribution in [0.5, 0.6) is 0 Å². The zero-order chi connectivity index (χ0) is 12.9. The summed E-state index contributed by atoms with van der Waals surface area (Å²) in [6, 6.07) is 6.10. The summed E-state index contributed by atoms with van der Waals surface area (Å²) in [6.45, 7) is 1.71. The fourth-order valence-electron chi connectivity index (χ4n) is 1.37. The fraction of sp³-hybridized carbons (Fsp3) is 0.500. The maximum absolute atomic E-state index is 12.4. The van der Waals surface area contributed by atoms with Crippen molar-refractivity contribution < 1.29 is 19.0 Å². The summed E-state index contributed by atoms with van der Waals surface area (Å²) in [4.78, 5) is 0. The summed E-state index contributed by atoms with van der Waals surface area (Å²) in [6.07, 6.45) is -2.48. The van der Waals surface area contributed by atoms with Gasteiger partial charge in [-0.2, -0.15) is 0 Å². The highest BCUT2D eigenvalue weighted by Gasteiger charge is 2.17. The maximum atomic E-state index is 12.4. The van der Waals surface area contributed by atoms with E-state index in [1.165, 1.54) is 19.1 Å². The summed E-state index contributed by atoms with van der Waals surface area (Å²) in [5.41, 5.74) is -0.491. The molecule has 96 valence electrons. The molecule has 0 saturated heterocycles. The van der Waals surface area contributed by atoms with E-state index in [9.17, 15) is 13.9 Å². The quantitative estimate of drug-likeness (QED) is 0.711. The SMILES string of the molecule is CC(O)(CO)CNCc1cccc(C(F)F)c1. The number of alkyl halides is 2. The molecule has 0 fully saturated rings. The van der Waals surface area contributed by atoms with Gasteiger partial charge in [0, 0.05) is 18.7 Å². The van der Waals surface area contributed by atoms with Gasteiger partial charge >= 0.3 is 0 Å². The Morgan fingerprint density at radius 3 is 2.71 bits per heavy atom. The van der Waals surface area contributed by atoms with Gasteiger partial charge in [-0.05, 0) is 18.6 Å². The van der Waals surface area contributed by atoms with Crippen LogP contribution in [0.2, 0.25) is 0 Å². The van der Waals surface area contributed by atoms with Gasteiger partial charge in [0.2, 0.25) is 0 Å². The smallest absolute Gasteiger partial charge is 0.263 e. The van der Waals surface area contributed by atoms with Crippen molar-refractivity contribution in [1.82, 2.24) is 5.32 Å². The average molecular weight is 245 g/mol. The number of aliphatic hydroxyl groups is 2. The molecule has 5 heteroatoms. The minimum absolute atomic E-state index is 0.0155. The van der Waals surface area contributed by atoms with E-state index in [1.54, 1.807) is 12.1 Å². The summed E-state index contributed by atoms with van der Waals surface area (Å²) in [5.74, 6) is 0. The molecule has 1 aromatic rings. The number of aliphatic hydroxyl groups excluding tert-OH is 1. The Bertz CT molecular complexity index is 356. The molecule has 0 aromatic heterocycles. The van der Waals surface area contributed by atoms with Crippen molar-refractivity contribution in [1.29, 1.82) is 0 Å². The van der Waals surface area contributed by atoms with Gasteiger partial charge in [0.05, 0.1) is 12.2 Å². The predicted octanol–water partition coefficient (Wildman–Crippen LogP) is 1.46. The van der Waals surface area contributed by atoms with Crippen LogP contribution in [0.1, 0.15) is 24.5 Å². The lowest BCUT2D eigenvalue weighted by atomic mass is 10.1. The maximum Gasteiger partial charge on any atom is 0.263 e. The zero-order valence-corrected chi connectivity index (χ0v) is 9.66. The highest BCUT2D eigenvalue weighted by Crippen LogP contribution is 2.19. The lowest BCUT2D eigenvalue weighted by Crippen LogP contribution is -2.40. The molecule has 0 amide bonds. The first-order valence-electron chi connectivity index (χ1n) is 5.35. The molecular formula is C12H17F2NO2. The third kappa shape index (κ3) is 4.77. The molecule has 1 unspecified atom stereocenters. The van der Waals surface area contributed by atoms with Crippen LogP contribution in [0.25, 0.3) is 0 Å². The second-order valence-electron chi connectivity index (χ2n) is 4.30. The molecule has 0 heterocycles. The standard InChI is InChI=1S/C12H17F2NO2/c1-12(17,8-16)7-15-6-9-3-2-4-10(5-9)11(13)14/h2-5,11,15-17H,6-8H2,1H3. The van der Waals surface area contributed by atoms with Crippen LogP contribution in [0.4, 0.5) is 8.78 Å². The average Bonchev–Trinajstić information content (AvgIpc) is 2.29. The van der Waals surface area contributed by atoms with Crippen molar-refractivity contribution in [3.8, 4) is 0 Å². The highest BCUT2D eigenvalue weighted by atomic mass is 19.3. The van der Waals surface area contributed by atoms with Crippen LogP contribution < -0.4 is 5.32 Å². The molecule has 0 bridgehead atoms. The summed E-state index contributed by atoms with van der Waals surface area (Å²) < 4.78 is 24.8. The van der Waals surface area contributed by atoms with Crippen molar-refractivity contribution in [3.63, 3.8) is 0 Å². The number of hydrogen-bond donors (Lipinski definition) is 3. The van der Waals surface area contributed by atoms with Crippen LogP contribution in [-0.2, 0) is 6.54 Å². The molecule has 0 aliphatic rings. The van der Waals surface area contributed by atoms with Gasteiger partial charge in [0.1, 0.15) is 0 Å². The molecule has 0 saturated carbocycles. The number of rotatable bonds is 6. The van der Waals surface area contributed by atoms with Crippen molar-refractivity contribution in [2.24, 2.45) is 0 Å². The van der Waals surface area contributed by atoms with E-state index in [-0.39, 0.29) is 18.7 Å². The topological polar surface area (TPSA) is 52.5 Å². The van der Waals surface area contributed by atoms with Gasteiger partial charge in [0.15, 0.2) is 0 Å². The first kappa shape index (κ1) is 14.0. The third-order valence-corrected chi connectivity index (χ3v) is 2.38. The Kier molecular flexibility index (Phi) is 4.99. The van der Waals surface area contributed by atoms with E-state index in [1.807, 2.05) is 0 Å². The summed E-state index contributed by atoms with van der Waals surface area (Å²) in [5, 5.41) is 21.2. The van der Waals surface area contributed by atoms with E-state index in [4.69, 9.17) is 5.11 Å². The number of nitrogens with one attached hydrogen (secondary N) is 1. The Balaban J connectivity index is 2.50. The Morgan fingerprint density at radius 2 is 2.12 bits per heavy atom. The predicted molar refractivity (Wildman–Crippen MR) is 60.8 cm³/mol. The van der Waals surface area contributed by atoms with Gasteiger partial charge in [0.25, 0.3) is 6.43 Å². The molecule has 0 spiro atoms. The van der Waals surface area contributed by atoms with Crippen LogP contribution >= 0.6 is 0 Å². The van der Waals surface area contributed by atoms with Crippen molar-refractivity contribution >= 4 is 0 Å². The van der Waals surface area contributed by atoms with Crippen LogP contribution in [-0.4, -0.2) is 29.0 Å². The first-order valence-corrected chi connectivity index (χ1v) is 5.35. The minimum atomic E-state index is -2.48. The summed E-state index contributed by atoms with van der Waals surface area (Å²) in [7, 11) is 0. The normalized spacial score (nSPS) is 14.9. The molecule has 1 aromatic carbocycles. The van der Waals surface area contributed by atoms with Gasteiger partial charge in [-0.3, -0.25) is 0 Å². The first-order chi connectivity index (χ1) is 7.94. The molecule has 0 aliphatic heterocycles. The molecule has 0 radical (unpaired) electrons. The zero-order valence-electron chi connectivity index (χ0n) is 9.66. The second-order valence-corrected chi connectivity index (χ2v) is 4.30. The van der Waals surface area contributed by atoms with E-state index < -0.39 is 12.0 Å². The van der Waals surface area contributed by atoms with Crippen LogP contribution in [0.15, 0.2) is 24.3 Å². The van der Waals surface area contributed by atoms with Crippen molar-refractivity contribution in [2.45, 2.75) is 25.5 Å². The van der Waals surface area contributed by atoms with E-state index >= 15 is 0 Å². The van der Waals surface area contributed by atoms with Crippen molar-refractivity contribution in [3.05, 3.63) is 35.4 Å². The lowest BCUT2D eigenvalue weighted by molar-refractivity contribution is 0.00253. The Morgan fingerprint density at radius 1 is 1.41 bits per heavy atom. The molecule has 17 heavy (non-hydrogen) atoms. The van der Waals surface area contributed by atoms with Gasteiger partial charge < -0.3 is 15.5 Å². The van der Waals surface area contributed by atoms with Gasteiger partial charge in [-0.25, -0.2) is 8.78 Å². The van der Waals surface area contributed by atoms with Crippen LogP contribution in [0, 0.1) is 0 Å². The van der Waals surface area contributed by atoms with Crippen LogP contribution in [0.3, 0.4) is 0 Å².